The van der Waals surface area contributed by atoms with E-state index in [1.165, 1.54) is 12.8 Å². The molecule has 2 aliphatic heterocycles. The highest BCUT2D eigenvalue weighted by Crippen LogP contribution is 2.25. The van der Waals surface area contributed by atoms with Gasteiger partial charge in [0.15, 0.2) is 0 Å². The predicted octanol–water partition coefficient (Wildman–Crippen LogP) is 2.43. The zero-order chi connectivity index (χ0) is 18.5. The van der Waals surface area contributed by atoms with E-state index in [2.05, 4.69) is 10.2 Å². The molecule has 0 unspecified atom stereocenters. The third kappa shape index (κ3) is 4.47. The number of carbonyl (C=O) groups is 2. The zero-order valence-electron chi connectivity index (χ0n) is 15.9. The second-order valence-corrected chi connectivity index (χ2v) is 7.80. The molecule has 0 bridgehead atoms. The Balaban J connectivity index is 1.57. The molecule has 2 fully saturated rings. The lowest BCUT2D eigenvalue weighted by atomic mass is 9.96. The minimum absolute atomic E-state index is 0.0182. The molecule has 2 aliphatic rings. The number of nitrogens with one attached hydrogen (secondary N) is 1. The minimum Gasteiger partial charge on any atom is -0.468 e. The summed E-state index contributed by atoms with van der Waals surface area (Å²) in [5.74, 6) is 0.986. The summed E-state index contributed by atoms with van der Waals surface area (Å²) in [6.07, 6.45) is 5.82. The highest BCUT2D eigenvalue weighted by molar-refractivity contribution is 5.82. The van der Waals surface area contributed by atoms with E-state index >= 15 is 0 Å². The van der Waals surface area contributed by atoms with E-state index in [-0.39, 0.29) is 29.7 Å². The van der Waals surface area contributed by atoms with Crippen molar-refractivity contribution in [2.24, 2.45) is 11.8 Å². The second-order valence-electron chi connectivity index (χ2n) is 7.80. The van der Waals surface area contributed by atoms with Crippen molar-refractivity contribution >= 4 is 11.8 Å². The number of hydrogen-bond acceptors (Lipinski definition) is 4. The van der Waals surface area contributed by atoms with Crippen LogP contribution < -0.4 is 5.32 Å². The summed E-state index contributed by atoms with van der Waals surface area (Å²) in [6.45, 7) is 7.78. The third-order valence-corrected chi connectivity index (χ3v) is 5.52. The first-order chi connectivity index (χ1) is 12.6. The van der Waals surface area contributed by atoms with E-state index in [1.54, 1.807) is 6.26 Å². The standard InChI is InChI=1S/C20H31N3O3/c1-15(2)20(25)23-11-5-7-16(14-23)19(24)21-13-17(18-8-6-12-26-18)22-9-3-4-10-22/h6,8,12,15-17H,3-5,7,9-11,13-14H2,1-2H3,(H,21,24)/t16-,17+/m1/s1. The number of likely N-dealkylation sites (tertiary alicyclic amines) is 2. The monoisotopic (exact) mass is 361 g/mol. The predicted molar refractivity (Wildman–Crippen MR) is 99.4 cm³/mol. The van der Waals surface area contributed by atoms with Gasteiger partial charge in [0, 0.05) is 25.6 Å². The van der Waals surface area contributed by atoms with Gasteiger partial charge >= 0.3 is 0 Å². The summed E-state index contributed by atoms with van der Waals surface area (Å²) < 4.78 is 5.61. The fourth-order valence-corrected chi connectivity index (χ4v) is 4.04. The van der Waals surface area contributed by atoms with Gasteiger partial charge in [-0.25, -0.2) is 0 Å². The van der Waals surface area contributed by atoms with Gasteiger partial charge in [-0.15, -0.1) is 0 Å². The molecule has 6 heteroatoms. The number of furan rings is 1. The summed E-state index contributed by atoms with van der Waals surface area (Å²) in [5, 5.41) is 3.13. The number of piperidine rings is 1. The van der Waals surface area contributed by atoms with Crippen molar-refractivity contribution in [3.05, 3.63) is 24.2 Å². The lowest BCUT2D eigenvalue weighted by molar-refractivity contribution is -0.138. The molecular weight excluding hydrogens is 330 g/mol. The molecule has 26 heavy (non-hydrogen) atoms. The van der Waals surface area contributed by atoms with Gasteiger partial charge in [0.25, 0.3) is 0 Å². The van der Waals surface area contributed by atoms with Crippen LogP contribution in [-0.2, 0) is 9.59 Å². The van der Waals surface area contributed by atoms with Crippen LogP contribution in [-0.4, -0.2) is 54.3 Å². The maximum absolute atomic E-state index is 12.7. The largest absolute Gasteiger partial charge is 0.468 e. The zero-order valence-corrected chi connectivity index (χ0v) is 15.9. The number of carbonyl (C=O) groups excluding carboxylic acids is 2. The number of amides is 2. The van der Waals surface area contributed by atoms with Crippen molar-refractivity contribution < 1.29 is 14.0 Å². The molecule has 1 aromatic heterocycles. The Morgan fingerprint density at radius 1 is 1.23 bits per heavy atom. The quantitative estimate of drug-likeness (QED) is 0.845. The molecule has 2 atom stereocenters. The van der Waals surface area contributed by atoms with Crippen LogP contribution in [0.15, 0.2) is 22.8 Å². The van der Waals surface area contributed by atoms with Crippen LogP contribution in [0.25, 0.3) is 0 Å². The molecule has 3 rings (SSSR count). The first-order valence-corrected chi connectivity index (χ1v) is 9.90. The molecule has 1 N–H and O–H groups in total. The summed E-state index contributed by atoms with van der Waals surface area (Å²) in [4.78, 5) is 29.2. The number of hydrogen-bond donors (Lipinski definition) is 1. The average molecular weight is 361 g/mol. The van der Waals surface area contributed by atoms with Gasteiger partial charge in [-0.2, -0.15) is 0 Å². The van der Waals surface area contributed by atoms with E-state index in [0.717, 1.165) is 38.2 Å². The van der Waals surface area contributed by atoms with Gasteiger partial charge in [-0.1, -0.05) is 13.8 Å². The van der Waals surface area contributed by atoms with Gasteiger partial charge in [-0.05, 0) is 50.9 Å². The lowest BCUT2D eigenvalue weighted by Crippen LogP contribution is -2.47. The maximum atomic E-state index is 12.7. The van der Waals surface area contributed by atoms with Crippen LogP contribution in [0.5, 0.6) is 0 Å². The molecule has 0 aromatic carbocycles. The molecule has 0 radical (unpaired) electrons. The van der Waals surface area contributed by atoms with Gasteiger partial charge in [0.05, 0.1) is 18.2 Å². The van der Waals surface area contributed by atoms with E-state index in [0.29, 0.717) is 13.1 Å². The maximum Gasteiger partial charge on any atom is 0.225 e. The third-order valence-electron chi connectivity index (χ3n) is 5.52. The van der Waals surface area contributed by atoms with Crippen molar-refractivity contribution in [2.45, 2.75) is 45.6 Å². The normalized spacial score (nSPS) is 22.6. The van der Waals surface area contributed by atoms with Crippen LogP contribution in [0.1, 0.15) is 51.3 Å². The number of nitrogens with zero attached hydrogens (tertiary/aromatic N) is 2. The molecule has 0 saturated carbocycles. The summed E-state index contributed by atoms with van der Waals surface area (Å²) in [5.41, 5.74) is 0. The Bertz CT molecular complexity index is 593. The molecule has 0 aliphatic carbocycles. The first-order valence-electron chi connectivity index (χ1n) is 9.90. The number of rotatable bonds is 6. The van der Waals surface area contributed by atoms with Gasteiger partial charge in [0.2, 0.25) is 11.8 Å². The second kappa shape index (κ2) is 8.71. The molecule has 144 valence electrons. The van der Waals surface area contributed by atoms with Crippen molar-refractivity contribution in [3.63, 3.8) is 0 Å². The van der Waals surface area contributed by atoms with Crippen molar-refractivity contribution in [1.29, 1.82) is 0 Å². The van der Waals surface area contributed by atoms with Crippen molar-refractivity contribution in [2.75, 3.05) is 32.7 Å². The first kappa shape index (κ1) is 19.0. The fraction of sp³-hybridized carbons (Fsp3) is 0.700. The smallest absolute Gasteiger partial charge is 0.225 e. The van der Waals surface area contributed by atoms with E-state index < -0.39 is 0 Å². The van der Waals surface area contributed by atoms with Crippen LogP contribution >= 0.6 is 0 Å². The van der Waals surface area contributed by atoms with E-state index in [1.807, 2.05) is 30.9 Å². The summed E-state index contributed by atoms with van der Waals surface area (Å²) in [6, 6.07) is 3.98. The van der Waals surface area contributed by atoms with E-state index in [9.17, 15) is 9.59 Å². The Morgan fingerprint density at radius 2 is 2.00 bits per heavy atom. The van der Waals surface area contributed by atoms with Gasteiger partial charge in [0.1, 0.15) is 5.76 Å². The van der Waals surface area contributed by atoms with Crippen LogP contribution in [0.2, 0.25) is 0 Å². The SMILES string of the molecule is CC(C)C(=O)N1CCC[C@@H](C(=O)NC[C@@H](c2ccco2)N2CCCC2)C1. The highest BCUT2D eigenvalue weighted by Gasteiger charge is 2.31. The topological polar surface area (TPSA) is 65.8 Å². The fourth-order valence-electron chi connectivity index (χ4n) is 4.04. The Hall–Kier alpha value is -1.82. The Morgan fingerprint density at radius 3 is 2.65 bits per heavy atom. The molecular formula is C20H31N3O3. The highest BCUT2D eigenvalue weighted by atomic mass is 16.3. The summed E-state index contributed by atoms with van der Waals surface area (Å²) >= 11 is 0. The minimum atomic E-state index is -0.109. The molecule has 3 heterocycles. The molecule has 1 aromatic rings. The van der Waals surface area contributed by atoms with Crippen LogP contribution in [0.3, 0.4) is 0 Å². The van der Waals surface area contributed by atoms with Crippen LogP contribution in [0.4, 0.5) is 0 Å². The molecule has 2 saturated heterocycles. The Kier molecular flexibility index (Phi) is 6.35. The van der Waals surface area contributed by atoms with Crippen molar-refractivity contribution in [1.82, 2.24) is 15.1 Å². The summed E-state index contributed by atoms with van der Waals surface area (Å²) in [7, 11) is 0. The average Bonchev–Trinajstić information content (AvgIpc) is 3.35. The van der Waals surface area contributed by atoms with Crippen molar-refractivity contribution in [3.8, 4) is 0 Å². The molecule has 2 amide bonds. The molecule has 0 spiro atoms. The van der Waals surface area contributed by atoms with E-state index in [4.69, 9.17) is 4.42 Å². The van der Waals surface area contributed by atoms with Crippen LogP contribution in [0, 0.1) is 11.8 Å². The lowest BCUT2D eigenvalue weighted by Gasteiger charge is -2.33. The molecule has 6 nitrogen and oxygen atoms in total. The van der Waals surface area contributed by atoms with Gasteiger partial charge in [-0.3, -0.25) is 14.5 Å². The van der Waals surface area contributed by atoms with Gasteiger partial charge < -0.3 is 14.6 Å². The Labute approximate surface area is 155 Å².